The fraction of sp³-hybridized carbons (Fsp3) is 0.292. The monoisotopic (exact) mass is 433 g/mol. The summed E-state index contributed by atoms with van der Waals surface area (Å²) in [5.41, 5.74) is 4.06. The maximum Gasteiger partial charge on any atom is 0.226 e. The first-order chi connectivity index (χ1) is 15.1. The number of amides is 1. The maximum absolute atomic E-state index is 12.7. The van der Waals surface area contributed by atoms with E-state index in [-0.39, 0.29) is 18.0 Å². The molecule has 3 heterocycles. The lowest BCUT2D eigenvalue weighted by Gasteiger charge is -2.28. The third-order valence-corrected chi connectivity index (χ3v) is 6.09. The summed E-state index contributed by atoms with van der Waals surface area (Å²) in [6, 6.07) is 17.8. The van der Waals surface area contributed by atoms with Gasteiger partial charge in [-0.25, -0.2) is 0 Å². The first-order valence-electron chi connectivity index (χ1n) is 10.6. The molecule has 2 aromatic heterocycles. The number of aromatic nitrogens is 2. The van der Waals surface area contributed by atoms with Crippen LogP contribution >= 0.6 is 12.2 Å². The van der Waals surface area contributed by atoms with E-state index in [9.17, 15) is 4.79 Å². The van der Waals surface area contributed by atoms with Crippen molar-refractivity contribution in [1.29, 1.82) is 0 Å². The molecule has 6 nitrogen and oxygen atoms in total. The van der Waals surface area contributed by atoms with Crippen LogP contribution in [0.5, 0.6) is 0 Å². The zero-order valence-corrected chi connectivity index (χ0v) is 18.6. The fourth-order valence-electron chi connectivity index (χ4n) is 4.13. The van der Waals surface area contributed by atoms with Crippen molar-refractivity contribution in [3.63, 3.8) is 0 Å². The Kier molecular flexibility index (Phi) is 6.32. The van der Waals surface area contributed by atoms with E-state index in [4.69, 9.17) is 12.2 Å². The third kappa shape index (κ3) is 4.46. The van der Waals surface area contributed by atoms with Gasteiger partial charge in [-0.15, -0.1) is 0 Å². The lowest BCUT2D eigenvalue weighted by atomic mass is 10.0. The number of nitrogens with one attached hydrogen (secondary N) is 2. The van der Waals surface area contributed by atoms with Gasteiger partial charge < -0.3 is 20.1 Å². The van der Waals surface area contributed by atoms with Crippen LogP contribution in [0.15, 0.2) is 67.0 Å². The average Bonchev–Trinajstić information content (AvgIpc) is 3.35. The lowest BCUT2D eigenvalue weighted by Crippen LogP contribution is -2.33. The number of hydrogen-bond acceptors (Lipinski definition) is 3. The molecule has 0 radical (unpaired) electrons. The van der Waals surface area contributed by atoms with E-state index in [0.29, 0.717) is 18.1 Å². The SMILES string of the molecule is CCc1ccccc1NC(=O)CCN1C(=S)N[C@H](c2ccccn2)[C@@H]1c1cccn1C. The van der Waals surface area contributed by atoms with Crippen molar-refractivity contribution in [1.82, 2.24) is 19.8 Å². The predicted molar refractivity (Wildman–Crippen MR) is 127 cm³/mol. The fourth-order valence-corrected chi connectivity index (χ4v) is 4.47. The molecule has 31 heavy (non-hydrogen) atoms. The number of carbonyl (C=O) groups excluding carboxylic acids is 1. The Labute approximate surface area is 188 Å². The molecule has 0 aliphatic carbocycles. The third-order valence-electron chi connectivity index (χ3n) is 5.74. The van der Waals surface area contributed by atoms with E-state index in [1.54, 1.807) is 6.20 Å². The molecule has 1 fully saturated rings. The van der Waals surface area contributed by atoms with Gasteiger partial charge in [0.2, 0.25) is 5.91 Å². The first-order valence-corrected chi connectivity index (χ1v) is 11.0. The minimum absolute atomic E-state index is 0.0179. The largest absolute Gasteiger partial charge is 0.353 e. The van der Waals surface area contributed by atoms with E-state index in [2.05, 4.69) is 38.1 Å². The molecule has 1 aromatic carbocycles. The van der Waals surface area contributed by atoms with Crippen molar-refractivity contribution >= 4 is 28.9 Å². The molecule has 0 saturated carbocycles. The van der Waals surface area contributed by atoms with Crippen molar-refractivity contribution in [2.45, 2.75) is 31.8 Å². The molecular weight excluding hydrogens is 406 g/mol. The topological polar surface area (TPSA) is 62.2 Å². The molecule has 160 valence electrons. The zero-order chi connectivity index (χ0) is 21.8. The second kappa shape index (κ2) is 9.31. The van der Waals surface area contributed by atoms with Crippen LogP contribution in [0.2, 0.25) is 0 Å². The van der Waals surface area contributed by atoms with Gasteiger partial charge in [0.1, 0.15) is 0 Å². The van der Waals surface area contributed by atoms with Gasteiger partial charge in [-0.1, -0.05) is 31.2 Å². The molecular formula is C24H27N5OS. The van der Waals surface area contributed by atoms with E-state index in [1.807, 2.05) is 61.8 Å². The highest BCUT2D eigenvalue weighted by molar-refractivity contribution is 7.80. The molecule has 2 N–H and O–H groups in total. The average molecular weight is 434 g/mol. The van der Waals surface area contributed by atoms with Gasteiger partial charge in [0.25, 0.3) is 0 Å². The Bertz CT molecular complexity index is 1060. The minimum Gasteiger partial charge on any atom is -0.353 e. The van der Waals surface area contributed by atoms with E-state index < -0.39 is 0 Å². The highest BCUT2D eigenvalue weighted by Gasteiger charge is 2.40. The van der Waals surface area contributed by atoms with Crippen LogP contribution in [0.1, 0.15) is 42.4 Å². The normalized spacial score (nSPS) is 18.1. The van der Waals surface area contributed by atoms with E-state index in [0.717, 1.165) is 29.1 Å². The Balaban J connectivity index is 1.53. The van der Waals surface area contributed by atoms with Gasteiger partial charge in [-0.3, -0.25) is 9.78 Å². The molecule has 0 spiro atoms. The predicted octanol–water partition coefficient (Wildman–Crippen LogP) is 3.98. The molecule has 1 saturated heterocycles. The summed E-state index contributed by atoms with van der Waals surface area (Å²) >= 11 is 5.68. The van der Waals surface area contributed by atoms with Crippen LogP contribution in [-0.4, -0.2) is 32.0 Å². The van der Waals surface area contributed by atoms with Crippen LogP contribution in [0.3, 0.4) is 0 Å². The van der Waals surface area contributed by atoms with Crippen molar-refractivity contribution < 1.29 is 4.79 Å². The van der Waals surface area contributed by atoms with Crippen LogP contribution in [0.25, 0.3) is 0 Å². The lowest BCUT2D eigenvalue weighted by molar-refractivity contribution is -0.116. The number of nitrogens with zero attached hydrogens (tertiary/aromatic N) is 3. The van der Waals surface area contributed by atoms with Crippen LogP contribution in [-0.2, 0) is 18.3 Å². The summed E-state index contributed by atoms with van der Waals surface area (Å²) in [5.74, 6) is -0.0179. The number of para-hydroxylation sites is 1. The van der Waals surface area contributed by atoms with Crippen molar-refractivity contribution in [3.8, 4) is 0 Å². The Morgan fingerprint density at radius 3 is 2.68 bits per heavy atom. The number of aryl methyl sites for hydroxylation is 2. The zero-order valence-electron chi connectivity index (χ0n) is 17.8. The van der Waals surface area contributed by atoms with Gasteiger partial charge in [0.15, 0.2) is 5.11 Å². The van der Waals surface area contributed by atoms with E-state index >= 15 is 0 Å². The van der Waals surface area contributed by atoms with Crippen molar-refractivity contribution in [2.75, 3.05) is 11.9 Å². The van der Waals surface area contributed by atoms with Gasteiger partial charge in [-0.05, 0) is 54.5 Å². The number of benzene rings is 1. The maximum atomic E-state index is 12.7. The molecule has 0 bridgehead atoms. The summed E-state index contributed by atoms with van der Waals surface area (Å²) in [7, 11) is 2.03. The Morgan fingerprint density at radius 1 is 1.16 bits per heavy atom. The van der Waals surface area contributed by atoms with Gasteiger partial charge in [0.05, 0.1) is 17.8 Å². The molecule has 3 aromatic rings. The number of pyridine rings is 1. The van der Waals surface area contributed by atoms with E-state index in [1.165, 1.54) is 0 Å². The standard InChI is InChI=1S/C24H27N5OS/c1-3-17-9-4-5-10-18(17)26-21(30)13-16-29-23(20-12-8-15-28(20)2)22(27-24(29)31)19-11-6-7-14-25-19/h4-12,14-15,22-23H,3,13,16H2,1-2H3,(H,26,30)(H,27,31)/t22-,23+/m1/s1. The number of thiocarbonyl (C=S) groups is 1. The highest BCUT2D eigenvalue weighted by atomic mass is 32.1. The minimum atomic E-state index is -0.0776. The van der Waals surface area contributed by atoms with Crippen LogP contribution in [0.4, 0.5) is 5.69 Å². The Hall–Kier alpha value is -3.19. The summed E-state index contributed by atoms with van der Waals surface area (Å²) < 4.78 is 2.10. The van der Waals surface area contributed by atoms with Crippen LogP contribution in [0, 0.1) is 0 Å². The van der Waals surface area contributed by atoms with Crippen LogP contribution < -0.4 is 10.6 Å². The van der Waals surface area contributed by atoms with Crippen molar-refractivity contribution in [3.05, 3.63) is 83.9 Å². The molecule has 1 aliphatic rings. The molecule has 1 amide bonds. The quantitative estimate of drug-likeness (QED) is 0.552. The molecule has 7 heteroatoms. The summed E-state index contributed by atoms with van der Waals surface area (Å²) in [4.78, 5) is 19.4. The summed E-state index contributed by atoms with van der Waals surface area (Å²) in [5, 5.41) is 7.13. The van der Waals surface area contributed by atoms with Gasteiger partial charge in [-0.2, -0.15) is 0 Å². The molecule has 0 unspecified atom stereocenters. The summed E-state index contributed by atoms with van der Waals surface area (Å²) in [6.45, 7) is 2.60. The Morgan fingerprint density at radius 2 is 1.97 bits per heavy atom. The van der Waals surface area contributed by atoms with Crippen molar-refractivity contribution in [2.24, 2.45) is 7.05 Å². The number of carbonyl (C=O) groups is 1. The summed E-state index contributed by atoms with van der Waals surface area (Å²) in [6.07, 6.45) is 5.04. The number of anilines is 1. The smallest absolute Gasteiger partial charge is 0.226 e. The van der Waals surface area contributed by atoms with Gasteiger partial charge >= 0.3 is 0 Å². The molecule has 4 rings (SSSR count). The van der Waals surface area contributed by atoms with Gasteiger partial charge in [0, 0.05) is 43.8 Å². The second-order valence-electron chi connectivity index (χ2n) is 7.67. The molecule has 1 aliphatic heterocycles. The first kappa shape index (κ1) is 21.1. The number of hydrogen-bond donors (Lipinski definition) is 2. The highest BCUT2D eigenvalue weighted by Crippen LogP contribution is 2.38. The second-order valence-corrected chi connectivity index (χ2v) is 8.06. The number of rotatable bonds is 7. The molecule has 2 atom stereocenters.